The summed E-state index contributed by atoms with van der Waals surface area (Å²) in [5.74, 6) is 0.565. The van der Waals surface area contributed by atoms with Gasteiger partial charge in [0.05, 0.1) is 0 Å². The van der Waals surface area contributed by atoms with E-state index >= 15 is 0 Å². The molecule has 0 aromatic heterocycles. The maximum atomic E-state index is 12.0. The van der Waals surface area contributed by atoms with Crippen molar-refractivity contribution in [2.24, 2.45) is 5.92 Å². The SMILES string of the molecule is CC1CCCCN(C(=O)OC(C)(C)C)C1C. The van der Waals surface area contributed by atoms with Crippen LogP contribution in [-0.2, 0) is 4.74 Å². The van der Waals surface area contributed by atoms with E-state index in [4.69, 9.17) is 4.74 Å². The molecule has 1 rings (SSSR count). The van der Waals surface area contributed by atoms with Crippen molar-refractivity contribution < 1.29 is 9.53 Å². The van der Waals surface area contributed by atoms with E-state index in [1.54, 1.807) is 0 Å². The van der Waals surface area contributed by atoms with Crippen molar-refractivity contribution in [3.05, 3.63) is 0 Å². The quantitative estimate of drug-likeness (QED) is 0.634. The molecule has 1 amide bonds. The fourth-order valence-electron chi connectivity index (χ4n) is 2.08. The number of nitrogens with zero attached hydrogens (tertiary/aromatic N) is 1. The maximum Gasteiger partial charge on any atom is 0.410 e. The lowest BCUT2D eigenvalue weighted by Gasteiger charge is -2.32. The second-order valence-corrected chi connectivity index (χ2v) is 5.89. The van der Waals surface area contributed by atoms with Crippen molar-refractivity contribution in [2.45, 2.75) is 65.5 Å². The predicted octanol–water partition coefficient (Wildman–Crippen LogP) is 3.43. The van der Waals surface area contributed by atoms with Crippen LogP contribution in [0.4, 0.5) is 4.79 Å². The van der Waals surface area contributed by atoms with E-state index in [2.05, 4.69) is 13.8 Å². The van der Waals surface area contributed by atoms with Crippen molar-refractivity contribution in [3.8, 4) is 0 Å². The Kier molecular flexibility index (Phi) is 4.22. The number of ether oxygens (including phenoxy) is 1. The number of carbonyl (C=O) groups is 1. The molecule has 0 radical (unpaired) electrons. The van der Waals surface area contributed by atoms with Gasteiger partial charge in [0, 0.05) is 12.6 Å². The first kappa shape index (κ1) is 13.3. The largest absolute Gasteiger partial charge is 0.444 e. The van der Waals surface area contributed by atoms with Gasteiger partial charge in [0.15, 0.2) is 0 Å². The lowest BCUT2D eigenvalue weighted by Crippen LogP contribution is -2.44. The Labute approximate surface area is 99.1 Å². The van der Waals surface area contributed by atoms with Gasteiger partial charge in [-0.15, -0.1) is 0 Å². The summed E-state index contributed by atoms with van der Waals surface area (Å²) in [7, 11) is 0. The van der Waals surface area contributed by atoms with Gasteiger partial charge in [-0.3, -0.25) is 0 Å². The van der Waals surface area contributed by atoms with E-state index in [-0.39, 0.29) is 12.1 Å². The summed E-state index contributed by atoms with van der Waals surface area (Å²) in [6, 6.07) is 0.289. The summed E-state index contributed by atoms with van der Waals surface area (Å²) in [5.41, 5.74) is -0.396. The Morgan fingerprint density at radius 1 is 1.25 bits per heavy atom. The van der Waals surface area contributed by atoms with Crippen LogP contribution in [-0.4, -0.2) is 29.2 Å². The molecule has 94 valence electrons. The molecule has 1 heterocycles. The third kappa shape index (κ3) is 3.69. The summed E-state index contributed by atoms with van der Waals surface area (Å²) in [4.78, 5) is 13.9. The van der Waals surface area contributed by atoms with Crippen LogP contribution in [0.25, 0.3) is 0 Å². The fraction of sp³-hybridized carbons (Fsp3) is 0.923. The number of amides is 1. The molecule has 0 bridgehead atoms. The molecule has 3 nitrogen and oxygen atoms in total. The highest BCUT2D eigenvalue weighted by atomic mass is 16.6. The standard InChI is InChI=1S/C13H25NO2/c1-10-8-6-7-9-14(11(10)2)12(15)16-13(3,4)5/h10-11H,6-9H2,1-5H3. The molecule has 1 fully saturated rings. The Bertz CT molecular complexity index is 245. The van der Waals surface area contributed by atoms with Crippen LogP contribution in [0, 0.1) is 5.92 Å². The first-order chi connectivity index (χ1) is 7.31. The highest BCUT2D eigenvalue weighted by molar-refractivity contribution is 5.68. The monoisotopic (exact) mass is 227 g/mol. The second-order valence-electron chi connectivity index (χ2n) is 5.89. The number of rotatable bonds is 0. The van der Waals surface area contributed by atoms with Gasteiger partial charge in [-0.1, -0.05) is 13.3 Å². The highest BCUT2D eigenvalue weighted by Crippen LogP contribution is 2.24. The average Bonchev–Trinajstić information content (AvgIpc) is 2.27. The average molecular weight is 227 g/mol. The molecule has 1 aliphatic rings. The third-order valence-corrected chi connectivity index (χ3v) is 3.25. The highest BCUT2D eigenvalue weighted by Gasteiger charge is 2.30. The van der Waals surface area contributed by atoms with Crippen LogP contribution >= 0.6 is 0 Å². The first-order valence-corrected chi connectivity index (χ1v) is 6.31. The second kappa shape index (κ2) is 5.07. The number of carbonyl (C=O) groups excluding carboxylic acids is 1. The smallest absolute Gasteiger partial charge is 0.410 e. The Balaban J connectivity index is 2.65. The molecule has 0 spiro atoms. The molecule has 0 aliphatic carbocycles. The zero-order valence-electron chi connectivity index (χ0n) is 11.2. The summed E-state index contributed by atoms with van der Waals surface area (Å²) in [6.45, 7) is 10.9. The van der Waals surface area contributed by atoms with Gasteiger partial charge >= 0.3 is 6.09 Å². The predicted molar refractivity (Wildman–Crippen MR) is 65.4 cm³/mol. The molecular weight excluding hydrogens is 202 g/mol. The minimum atomic E-state index is -0.396. The van der Waals surface area contributed by atoms with Crippen molar-refractivity contribution in [1.82, 2.24) is 4.90 Å². The van der Waals surface area contributed by atoms with Crippen LogP contribution in [0.15, 0.2) is 0 Å². The van der Waals surface area contributed by atoms with Crippen molar-refractivity contribution in [2.75, 3.05) is 6.54 Å². The summed E-state index contributed by atoms with van der Waals surface area (Å²) < 4.78 is 5.44. The van der Waals surface area contributed by atoms with E-state index in [0.29, 0.717) is 5.92 Å². The lowest BCUT2D eigenvalue weighted by molar-refractivity contribution is 0.0145. The topological polar surface area (TPSA) is 29.5 Å². The van der Waals surface area contributed by atoms with Gasteiger partial charge in [0.25, 0.3) is 0 Å². The van der Waals surface area contributed by atoms with Gasteiger partial charge < -0.3 is 9.64 Å². The molecule has 3 heteroatoms. The molecule has 2 atom stereocenters. The molecular formula is C13H25NO2. The van der Waals surface area contributed by atoms with Crippen LogP contribution < -0.4 is 0 Å². The van der Waals surface area contributed by atoms with E-state index in [0.717, 1.165) is 13.0 Å². The number of likely N-dealkylation sites (tertiary alicyclic amines) is 1. The van der Waals surface area contributed by atoms with Gasteiger partial charge in [-0.25, -0.2) is 4.79 Å². The third-order valence-electron chi connectivity index (χ3n) is 3.25. The lowest BCUT2D eigenvalue weighted by atomic mass is 9.99. The summed E-state index contributed by atoms with van der Waals surface area (Å²) >= 11 is 0. The summed E-state index contributed by atoms with van der Waals surface area (Å²) in [6.07, 6.45) is 3.35. The Morgan fingerprint density at radius 3 is 2.44 bits per heavy atom. The molecule has 0 aromatic carbocycles. The Hall–Kier alpha value is -0.730. The van der Waals surface area contributed by atoms with Crippen LogP contribution in [0.2, 0.25) is 0 Å². The minimum Gasteiger partial charge on any atom is -0.444 e. The molecule has 2 unspecified atom stereocenters. The van der Waals surface area contributed by atoms with Gasteiger partial charge in [-0.2, -0.15) is 0 Å². The minimum absolute atomic E-state index is 0.159. The maximum absolute atomic E-state index is 12.0. The first-order valence-electron chi connectivity index (χ1n) is 6.31. The normalized spacial score (nSPS) is 27.4. The molecule has 0 N–H and O–H groups in total. The molecule has 0 saturated carbocycles. The van der Waals surface area contributed by atoms with Crippen LogP contribution in [0.5, 0.6) is 0 Å². The number of hydrogen-bond acceptors (Lipinski definition) is 2. The van der Waals surface area contributed by atoms with E-state index < -0.39 is 5.60 Å². The van der Waals surface area contributed by atoms with E-state index in [1.807, 2.05) is 25.7 Å². The fourth-order valence-corrected chi connectivity index (χ4v) is 2.08. The Morgan fingerprint density at radius 2 is 1.88 bits per heavy atom. The van der Waals surface area contributed by atoms with Crippen LogP contribution in [0.1, 0.15) is 53.9 Å². The zero-order valence-corrected chi connectivity index (χ0v) is 11.2. The van der Waals surface area contributed by atoms with E-state index in [1.165, 1.54) is 12.8 Å². The molecule has 1 aliphatic heterocycles. The van der Waals surface area contributed by atoms with Gasteiger partial charge in [0.2, 0.25) is 0 Å². The van der Waals surface area contributed by atoms with Gasteiger partial charge in [-0.05, 0) is 46.5 Å². The van der Waals surface area contributed by atoms with Gasteiger partial charge in [0.1, 0.15) is 5.60 Å². The summed E-state index contributed by atoms with van der Waals surface area (Å²) in [5, 5.41) is 0. The molecule has 16 heavy (non-hydrogen) atoms. The van der Waals surface area contributed by atoms with Crippen molar-refractivity contribution in [3.63, 3.8) is 0 Å². The van der Waals surface area contributed by atoms with Crippen molar-refractivity contribution in [1.29, 1.82) is 0 Å². The number of hydrogen-bond donors (Lipinski definition) is 0. The van der Waals surface area contributed by atoms with Crippen LogP contribution in [0.3, 0.4) is 0 Å². The molecule has 0 aromatic rings. The molecule has 1 saturated heterocycles. The van der Waals surface area contributed by atoms with Crippen molar-refractivity contribution >= 4 is 6.09 Å². The zero-order chi connectivity index (χ0) is 12.3. The van der Waals surface area contributed by atoms with E-state index in [9.17, 15) is 4.79 Å².